The van der Waals surface area contributed by atoms with Gasteiger partial charge >= 0.3 is 0 Å². The Morgan fingerprint density at radius 2 is 2.15 bits per heavy atom. The fourth-order valence-electron chi connectivity index (χ4n) is 2.27. The Balaban J connectivity index is 2.21. The summed E-state index contributed by atoms with van der Waals surface area (Å²) in [5, 5.41) is 0. The average molecular weight is 279 g/mol. The minimum Gasteiger partial charge on any atom is -0.464 e. The molecule has 3 amide bonds. The average Bonchev–Trinajstić information content (AvgIpc) is 2.82. The van der Waals surface area contributed by atoms with E-state index in [-0.39, 0.29) is 24.8 Å². The number of carbonyl (C=O) groups is 3. The first-order valence-electron chi connectivity index (χ1n) is 6.21. The van der Waals surface area contributed by atoms with Gasteiger partial charge in [-0.3, -0.25) is 24.7 Å². The quantitative estimate of drug-likeness (QED) is 0.362. The third-order valence-electron chi connectivity index (χ3n) is 3.38. The number of hydrogen-bond acceptors (Lipinski definition) is 5. The Bertz CT molecular complexity index is 588. The van der Waals surface area contributed by atoms with E-state index in [1.54, 1.807) is 20.8 Å². The summed E-state index contributed by atoms with van der Waals surface area (Å²) in [4.78, 5) is 36.6. The van der Waals surface area contributed by atoms with Crippen LogP contribution in [-0.4, -0.2) is 22.6 Å². The number of nitrogen functional groups attached to an aromatic ring is 1. The van der Waals surface area contributed by atoms with Gasteiger partial charge in [-0.05, 0) is 13.0 Å². The van der Waals surface area contributed by atoms with Crippen molar-refractivity contribution in [1.29, 1.82) is 0 Å². The number of nitrogens with one attached hydrogen (secondary N) is 1. The van der Waals surface area contributed by atoms with E-state index in [0.717, 1.165) is 4.90 Å². The van der Waals surface area contributed by atoms with Crippen molar-refractivity contribution in [2.75, 3.05) is 0 Å². The number of nitrogens with two attached hydrogens (primary N) is 1. The van der Waals surface area contributed by atoms with E-state index in [4.69, 9.17) is 10.3 Å². The lowest BCUT2D eigenvalue weighted by Gasteiger charge is -2.16. The number of hydrogen-bond donors (Lipinski definition) is 2. The molecule has 0 saturated carbocycles. The van der Waals surface area contributed by atoms with Gasteiger partial charge in [0.15, 0.2) is 0 Å². The molecule has 1 aromatic rings. The van der Waals surface area contributed by atoms with Gasteiger partial charge in [-0.25, -0.2) is 5.84 Å². The minimum atomic E-state index is -0.684. The zero-order valence-corrected chi connectivity index (χ0v) is 11.6. The third-order valence-corrected chi connectivity index (χ3v) is 3.38. The van der Waals surface area contributed by atoms with Gasteiger partial charge in [-0.15, -0.1) is 0 Å². The SMILES string of the molecule is Cc1oc(CN2C(=O)CC(C)(C)C2=O)cc1C(=O)NN. The van der Waals surface area contributed by atoms with E-state index >= 15 is 0 Å². The summed E-state index contributed by atoms with van der Waals surface area (Å²) in [5.74, 6) is 4.88. The number of amides is 3. The monoisotopic (exact) mass is 279 g/mol. The first-order valence-corrected chi connectivity index (χ1v) is 6.21. The number of likely N-dealkylation sites (tertiary alicyclic amines) is 1. The van der Waals surface area contributed by atoms with Crippen molar-refractivity contribution >= 4 is 17.7 Å². The van der Waals surface area contributed by atoms with Crippen LogP contribution in [0.5, 0.6) is 0 Å². The maximum absolute atomic E-state index is 12.1. The molecule has 0 aromatic carbocycles. The molecule has 0 atom stereocenters. The summed E-state index contributed by atoms with van der Waals surface area (Å²) >= 11 is 0. The number of imide groups is 1. The van der Waals surface area contributed by atoms with E-state index in [0.29, 0.717) is 17.1 Å². The maximum Gasteiger partial charge on any atom is 0.268 e. The molecule has 20 heavy (non-hydrogen) atoms. The van der Waals surface area contributed by atoms with Crippen LogP contribution < -0.4 is 11.3 Å². The zero-order valence-electron chi connectivity index (χ0n) is 11.6. The van der Waals surface area contributed by atoms with Crippen LogP contribution in [0, 0.1) is 12.3 Å². The smallest absolute Gasteiger partial charge is 0.268 e. The Hall–Kier alpha value is -2.15. The molecular weight excluding hydrogens is 262 g/mol. The van der Waals surface area contributed by atoms with Crippen molar-refractivity contribution in [3.63, 3.8) is 0 Å². The number of rotatable bonds is 3. The van der Waals surface area contributed by atoms with Gasteiger partial charge in [0.2, 0.25) is 11.8 Å². The molecule has 108 valence electrons. The van der Waals surface area contributed by atoms with Crippen LogP contribution in [0.2, 0.25) is 0 Å². The Kier molecular flexibility index (Phi) is 3.39. The molecule has 3 N–H and O–H groups in total. The summed E-state index contributed by atoms with van der Waals surface area (Å²) in [6.45, 7) is 5.10. The summed E-state index contributed by atoms with van der Waals surface area (Å²) in [5.41, 5.74) is 1.62. The van der Waals surface area contributed by atoms with Crippen LogP contribution in [0.1, 0.15) is 42.1 Å². The van der Waals surface area contributed by atoms with Gasteiger partial charge in [0.05, 0.1) is 17.5 Å². The molecule has 0 unspecified atom stereocenters. The molecule has 0 bridgehead atoms. The van der Waals surface area contributed by atoms with Crippen molar-refractivity contribution in [1.82, 2.24) is 10.3 Å². The molecule has 2 rings (SSSR count). The largest absolute Gasteiger partial charge is 0.464 e. The molecule has 1 aliphatic rings. The van der Waals surface area contributed by atoms with Gasteiger partial charge in [0, 0.05) is 6.42 Å². The molecule has 1 aliphatic heterocycles. The second kappa shape index (κ2) is 4.75. The van der Waals surface area contributed by atoms with Crippen molar-refractivity contribution in [2.45, 2.75) is 33.7 Å². The fraction of sp³-hybridized carbons (Fsp3) is 0.462. The van der Waals surface area contributed by atoms with E-state index in [1.807, 2.05) is 5.43 Å². The first kappa shape index (κ1) is 14.3. The molecule has 1 fully saturated rings. The molecule has 7 nitrogen and oxygen atoms in total. The van der Waals surface area contributed by atoms with E-state index in [2.05, 4.69) is 0 Å². The van der Waals surface area contributed by atoms with Gasteiger partial charge in [-0.2, -0.15) is 0 Å². The summed E-state index contributed by atoms with van der Waals surface area (Å²) < 4.78 is 5.40. The highest BCUT2D eigenvalue weighted by atomic mass is 16.3. The highest BCUT2D eigenvalue weighted by Gasteiger charge is 2.44. The standard InChI is InChI=1S/C13H17N3O4/c1-7-9(11(18)15-14)4-8(20-7)6-16-10(17)5-13(2,3)12(16)19/h4H,5-6,14H2,1-3H3,(H,15,18). The van der Waals surface area contributed by atoms with Crippen LogP contribution in [0.25, 0.3) is 0 Å². The topological polar surface area (TPSA) is 106 Å². The van der Waals surface area contributed by atoms with E-state index in [1.165, 1.54) is 6.07 Å². The number of hydrazine groups is 1. The Morgan fingerprint density at radius 3 is 2.65 bits per heavy atom. The van der Waals surface area contributed by atoms with Crippen molar-refractivity contribution < 1.29 is 18.8 Å². The maximum atomic E-state index is 12.1. The van der Waals surface area contributed by atoms with Crippen LogP contribution >= 0.6 is 0 Å². The van der Waals surface area contributed by atoms with Crippen LogP contribution in [0.3, 0.4) is 0 Å². The second-order valence-corrected chi connectivity index (χ2v) is 5.50. The molecule has 0 aliphatic carbocycles. The number of aryl methyl sites for hydroxylation is 1. The highest BCUT2D eigenvalue weighted by Crippen LogP contribution is 2.33. The number of furan rings is 1. The lowest BCUT2D eigenvalue weighted by molar-refractivity contribution is -0.141. The second-order valence-electron chi connectivity index (χ2n) is 5.50. The molecular formula is C13H17N3O4. The van der Waals surface area contributed by atoms with Gasteiger partial charge < -0.3 is 4.42 Å². The molecule has 0 spiro atoms. The molecule has 2 heterocycles. The predicted molar refractivity (Wildman–Crippen MR) is 69.1 cm³/mol. The van der Waals surface area contributed by atoms with Crippen molar-refractivity contribution in [2.24, 2.45) is 11.3 Å². The van der Waals surface area contributed by atoms with Crippen LogP contribution in [-0.2, 0) is 16.1 Å². The molecule has 7 heteroatoms. The lowest BCUT2D eigenvalue weighted by atomic mass is 9.92. The number of nitrogens with zero attached hydrogens (tertiary/aromatic N) is 1. The summed E-state index contributed by atoms with van der Waals surface area (Å²) in [7, 11) is 0. The first-order chi connectivity index (χ1) is 9.26. The lowest BCUT2D eigenvalue weighted by Crippen LogP contribution is -2.32. The zero-order chi connectivity index (χ0) is 15.1. The summed E-state index contributed by atoms with van der Waals surface area (Å²) in [6, 6.07) is 1.49. The third kappa shape index (κ3) is 2.32. The van der Waals surface area contributed by atoms with E-state index < -0.39 is 11.3 Å². The molecule has 1 aromatic heterocycles. The Morgan fingerprint density at radius 1 is 1.50 bits per heavy atom. The molecule has 1 saturated heterocycles. The Labute approximate surface area is 116 Å². The minimum absolute atomic E-state index is 0.0276. The normalized spacial score (nSPS) is 17.7. The van der Waals surface area contributed by atoms with Gasteiger partial charge in [0.25, 0.3) is 5.91 Å². The van der Waals surface area contributed by atoms with Crippen molar-refractivity contribution in [3.8, 4) is 0 Å². The van der Waals surface area contributed by atoms with Gasteiger partial charge in [-0.1, -0.05) is 13.8 Å². The number of carbonyl (C=O) groups excluding carboxylic acids is 3. The predicted octanol–water partition coefficient (Wildman–Crippen LogP) is 0.477. The fourth-order valence-corrected chi connectivity index (χ4v) is 2.27. The van der Waals surface area contributed by atoms with E-state index in [9.17, 15) is 14.4 Å². The summed E-state index contributed by atoms with van der Waals surface area (Å²) in [6.07, 6.45) is 0.182. The highest BCUT2D eigenvalue weighted by molar-refractivity contribution is 6.05. The van der Waals surface area contributed by atoms with Crippen LogP contribution in [0.15, 0.2) is 10.5 Å². The molecule has 0 radical (unpaired) electrons. The van der Waals surface area contributed by atoms with Gasteiger partial charge in [0.1, 0.15) is 11.5 Å². The van der Waals surface area contributed by atoms with Crippen LogP contribution in [0.4, 0.5) is 0 Å². The van der Waals surface area contributed by atoms with Crippen molar-refractivity contribution in [3.05, 3.63) is 23.2 Å².